The molecular weight excluding hydrogens is 288 g/mol. The molecule has 0 saturated heterocycles. The van der Waals surface area contributed by atoms with Crippen molar-refractivity contribution in [2.75, 3.05) is 11.1 Å². The number of aromatic amines is 1. The van der Waals surface area contributed by atoms with Gasteiger partial charge in [-0.3, -0.25) is 14.3 Å². The summed E-state index contributed by atoms with van der Waals surface area (Å²) in [6, 6.07) is 3.95. The summed E-state index contributed by atoms with van der Waals surface area (Å²) in [7, 11) is 0. The van der Waals surface area contributed by atoms with E-state index in [2.05, 4.69) is 24.1 Å². The second-order valence-electron chi connectivity index (χ2n) is 5.15. The fourth-order valence-electron chi connectivity index (χ4n) is 2.23. The van der Waals surface area contributed by atoms with Gasteiger partial charge < -0.3 is 11.1 Å². The Morgan fingerprint density at radius 1 is 1.43 bits per heavy atom. The maximum absolute atomic E-state index is 12.0. The molecule has 0 fully saturated rings. The molecule has 0 spiro atoms. The lowest BCUT2D eigenvalue weighted by Gasteiger charge is -2.23. The Bertz CT molecular complexity index is 716. The lowest BCUT2D eigenvalue weighted by molar-refractivity contribution is 0.552. The molecule has 21 heavy (non-hydrogen) atoms. The highest BCUT2D eigenvalue weighted by Crippen LogP contribution is 2.29. The van der Waals surface area contributed by atoms with Crippen molar-refractivity contribution in [3.63, 3.8) is 0 Å². The quantitative estimate of drug-likeness (QED) is 0.787. The predicted molar refractivity (Wildman–Crippen MR) is 86.9 cm³/mol. The van der Waals surface area contributed by atoms with Crippen LogP contribution in [0.1, 0.15) is 31.7 Å². The molecule has 0 saturated carbocycles. The molecule has 4 N–H and O–H groups in total. The van der Waals surface area contributed by atoms with Crippen LogP contribution in [-0.2, 0) is 6.54 Å². The minimum atomic E-state index is -0.484. The topological polar surface area (TPSA) is 92.9 Å². The van der Waals surface area contributed by atoms with Crippen molar-refractivity contribution in [3.8, 4) is 0 Å². The second kappa shape index (κ2) is 6.17. The van der Waals surface area contributed by atoms with Crippen molar-refractivity contribution in [2.24, 2.45) is 5.92 Å². The average molecular weight is 308 g/mol. The minimum Gasteiger partial charge on any atom is -0.383 e. The van der Waals surface area contributed by atoms with E-state index in [1.165, 1.54) is 4.57 Å². The molecule has 6 nitrogen and oxygen atoms in total. The fourth-order valence-corrected chi connectivity index (χ4v) is 3.18. The number of nitrogens with zero attached hydrogens (tertiary/aromatic N) is 1. The van der Waals surface area contributed by atoms with Gasteiger partial charge in [0.1, 0.15) is 11.5 Å². The van der Waals surface area contributed by atoms with Crippen LogP contribution in [0.3, 0.4) is 0 Å². The Kier molecular flexibility index (Phi) is 4.52. The zero-order chi connectivity index (χ0) is 15.6. The minimum absolute atomic E-state index is 0.0313. The lowest BCUT2D eigenvalue weighted by Crippen LogP contribution is -2.34. The maximum Gasteiger partial charge on any atom is 0.330 e. The molecule has 2 rings (SSSR count). The highest BCUT2D eigenvalue weighted by molar-refractivity contribution is 7.10. The smallest absolute Gasteiger partial charge is 0.330 e. The van der Waals surface area contributed by atoms with Gasteiger partial charge in [0.05, 0.1) is 6.04 Å². The number of thiophene rings is 1. The van der Waals surface area contributed by atoms with Gasteiger partial charge in [0.25, 0.3) is 5.56 Å². The van der Waals surface area contributed by atoms with Gasteiger partial charge >= 0.3 is 5.69 Å². The van der Waals surface area contributed by atoms with Crippen molar-refractivity contribution in [3.05, 3.63) is 43.2 Å². The number of rotatable bonds is 5. The molecule has 114 valence electrons. The lowest BCUT2D eigenvalue weighted by atomic mass is 10.0. The van der Waals surface area contributed by atoms with Gasteiger partial charge in [0.2, 0.25) is 0 Å². The molecule has 1 atom stereocenters. The van der Waals surface area contributed by atoms with Gasteiger partial charge in [0, 0.05) is 11.4 Å². The van der Waals surface area contributed by atoms with Crippen molar-refractivity contribution < 1.29 is 0 Å². The molecule has 7 heteroatoms. The Balaban J connectivity index is 2.47. The van der Waals surface area contributed by atoms with Crippen LogP contribution in [0, 0.1) is 5.92 Å². The summed E-state index contributed by atoms with van der Waals surface area (Å²) >= 11 is 1.62. The zero-order valence-corrected chi connectivity index (χ0v) is 13.2. The molecule has 0 aromatic carbocycles. The summed E-state index contributed by atoms with van der Waals surface area (Å²) in [6.45, 7) is 6.34. The summed E-state index contributed by atoms with van der Waals surface area (Å²) in [5.41, 5.74) is 5.27. The van der Waals surface area contributed by atoms with Crippen LogP contribution in [0.4, 0.5) is 11.5 Å². The van der Waals surface area contributed by atoms with Crippen LogP contribution in [0.2, 0.25) is 0 Å². The third-order valence-electron chi connectivity index (χ3n) is 3.37. The highest BCUT2D eigenvalue weighted by atomic mass is 32.1. The van der Waals surface area contributed by atoms with E-state index in [4.69, 9.17) is 5.73 Å². The molecule has 2 heterocycles. The summed E-state index contributed by atoms with van der Waals surface area (Å²) in [4.78, 5) is 27.2. The summed E-state index contributed by atoms with van der Waals surface area (Å²) < 4.78 is 1.34. The zero-order valence-electron chi connectivity index (χ0n) is 12.3. The molecule has 0 aliphatic carbocycles. The van der Waals surface area contributed by atoms with E-state index in [0.29, 0.717) is 6.54 Å². The monoisotopic (exact) mass is 308 g/mol. The Morgan fingerprint density at radius 3 is 2.67 bits per heavy atom. The first kappa shape index (κ1) is 15.4. The molecule has 0 amide bonds. The SMILES string of the molecule is CCn1c(N)c(NC(c2cccs2)C(C)C)c(=O)[nH]c1=O. The van der Waals surface area contributed by atoms with Gasteiger partial charge in [-0.05, 0) is 24.3 Å². The standard InChI is InChI=1S/C14H20N4O2S/c1-4-18-12(15)11(13(19)17-14(18)20)16-10(8(2)3)9-6-5-7-21-9/h5-8,10,16H,4,15H2,1-3H3,(H,17,19,20). The first-order valence-electron chi connectivity index (χ1n) is 6.88. The van der Waals surface area contributed by atoms with E-state index in [1.54, 1.807) is 18.3 Å². The molecule has 0 aliphatic heterocycles. The highest BCUT2D eigenvalue weighted by Gasteiger charge is 2.20. The molecule has 0 radical (unpaired) electrons. The molecule has 0 aliphatic rings. The first-order chi connectivity index (χ1) is 9.95. The van der Waals surface area contributed by atoms with E-state index in [0.717, 1.165) is 4.88 Å². The van der Waals surface area contributed by atoms with E-state index < -0.39 is 11.2 Å². The number of aromatic nitrogens is 2. The van der Waals surface area contributed by atoms with Crippen LogP contribution in [0.25, 0.3) is 0 Å². The predicted octanol–water partition coefficient (Wildman–Crippen LogP) is 2.01. The molecule has 2 aromatic heterocycles. The van der Waals surface area contributed by atoms with E-state index in [1.807, 2.05) is 17.5 Å². The third-order valence-corrected chi connectivity index (χ3v) is 4.33. The second-order valence-corrected chi connectivity index (χ2v) is 6.12. The van der Waals surface area contributed by atoms with E-state index in [-0.39, 0.29) is 23.5 Å². The number of hydrogen-bond acceptors (Lipinski definition) is 5. The van der Waals surface area contributed by atoms with Crippen LogP contribution in [0.5, 0.6) is 0 Å². The largest absolute Gasteiger partial charge is 0.383 e. The summed E-state index contributed by atoms with van der Waals surface area (Å²) in [5.74, 6) is 0.443. The van der Waals surface area contributed by atoms with Gasteiger partial charge in [0.15, 0.2) is 0 Å². The first-order valence-corrected chi connectivity index (χ1v) is 7.76. The Labute approximate surface area is 126 Å². The number of H-pyrrole nitrogens is 1. The number of nitrogens with two attached hydrogens (primary N) is 1. The Hall–Kier alpha value is -2.02. The molecular formula is C14H20N4O2S. The Morgan fingerprint density at radius 2 is 2.14 bits per heavy atom. The number of nitrogen functional groups attached to an aromatic ring is 1. The van der Waals surface area contributed by atoms with Crippen LogP contribution in [0.15, 0.2) is 27.1 Å². The van der Waals surface area contributed by atoms with Crippen molar-refractivity contribution in [1.29, 1.82) is 0 Å². The number of anilines is 2. The fraction of sp³-hybridized carbons (Fsp3) is 0.429. The average Bonchev–Trinajstić information content (AvgIpc) is 2.92. The summed E-state index contributed by atoms with van der Waals surface area (Å²) in [6.07, 6.45) is 0. The van der Waals surface area contributed by atoms with Crippen molar-refractivity contribution in [2.45, 2.75) is 33.4 Å². The summed E-state index contributed by atoms with van der Waals surface area (Å²) in [5, 5.41) is 5.19. The van der Waals surface area contributed by atoms with Crippen LogP contribution < -0.4 is 22.3 Å². The van der Waals surface area contributed by atoms with Gasteiger partial charge in [-0.1, -0.05) is 19.9 Å². The van der Waals surface area contributed by atoms with E-state index >= 15 is 0 Å². The molecule has 1 unspecified atom stereocenters. The molecule has 0 bridgehead atoms. The van der Waals surface area contributed by atoms with Gasteiger partial charge in [-0.15, -0.1) is 11.3 Å². The third kappa shape index (κ3) is 3.02. The van der Waals surface area contributed by atoms with Gasteiger partial charge in [-0.2, -0.15) is 0 Å². The molecule has 2 aromatic rings. The van der Waals surface area contributed by atoms with E-state index in [9.17, 15) is 9.59 Å². The van der Waals surface area contributed by atoms with Crippen LogP contribution >= 0.6 is 11.3 Å². The number of nitrogens with one attached hydrogen (secondary N) is 2. The van der Waals surface area contributed by atoms with Crippen LogP contribution in [-0.4, -0.2) is 9.55 Å². The van der Waals surface area contributed by atoms with Gasteiger partial charge in [-0.25, -0.2) is 4.79 Å². The van der Waals surface area contributed by atoms with Crippen molar-refractivity contribution >= 4 is 22.8 Å². The van der Waals surface area contributed by atoms with Crippen molar-refractivity contribution in [1.82, 2.24) is 9.55 Å². The number of hydrogen-bond donors (Lipinski definition) is 3. The maximum atomic E-state index is 12.0. The normalized spacial score (nSPS) is 12.6.